The van der Waals surface area contributed by atoms with Crippen molar-refractivity contribution < 1.29 is 13.6 Å². The SMILES string of the molecule is Cn1cc(-c2nnc(Nc3ccc4[nH]ncc4c3Cl)o2)cc(NC(=O)c2ccccc2F)c1=O. The predicted octanol–water partition coefficient (Wildman–Crippen LogP) is 4.10. The van der Waals surface area contributed by atoms with E-state index in [1.807, 2.05) is 0 Å². The number of rotatable bonds is 5. The van der Waals surface area contributed by atoms with Gasteiger partial charge in [0.05, 0.1) is 33.6 Å². The van der Waals surface area contributed by atoms with Crippen molar-refractivity contribution in [2.75, 3.05) is 10.6 Å². The van der Waals surface area contributed by atoms with Crippen molar-refractivity contribution in [3.63, 3.8) is 0 Å². The van der Waals surface area contributed by atoms with E-state index in [4.69, 9.17) is 16.0 Å². The van der Waals surface area contributed by atoms with Crippen molar-refractivity contribution in [2.45, 2.75) is 0 Å². The molecule has 0 atom stereocenters. The van der Waals surface area contributed by atoms with Crippen molar-refractivity contribution >= 4 is 45.8 Å². The second-order valence-corrected chi connectivity index (χ2v) is 7.67. The van der Waals surface area contributed by atoms with Gasteiger partial charge in [0.2, 0.25) is 0 Å². The van der Waals surface area contributed by atoms with Crippen LogP contribution in [0.2, 0.25) is 5.02 Å². The van der Waals surface area contributed by atoms with Gasteiger partial charge >= 0.3 is 6.01 Å². The number of amides is 1. The van der Waals surface area contributed by atoms with E-state index in [-0.39, 0.29) is 23.2 Å². The summed E-state index contributed by atoms with van der Waals surface area (Å²) in [6.45, 7) is 0. The minimum Gasteiger partial charge on any atom is -0.403 e. The third kappa shape index (κ3) is 3.88. The largest absolute Gasteiger partial charge is 0.403 e. The molecule has 5 aromatic rings. The molecule has 170 valence electrons. The molecule has 34 heavy (non-hydrogen) atoms. The first kappa shape index (κ1) is 21.3. The number of aromatic nitrogens is 5. The highest BCUT2D eigenvalue weighted by molar-refractivity contribution is 6.38. The number of aryl methyl sites for hydroxylation is 1. The molecule has 0 aliphatic heterocycles. The average Bonchev–Trinajstić information content (AvgIpc) is 3.49. The van der Waals surface area contributed by atoms with Crippen LogP contribution in [0.4, 0.5) is 21.8 Å². The van der Waals surface area contributed by atoms with Gasteiger partial charge in [-0.2, -0.15) is 5.10 Å². The molecule has 5 rings (SSSR count). The zero-order valence-corrected chi connectivity index (χ0v) is 18.2. The number of nitrogens with zero attached hydrogens (tertiary/aromatic N) is 4. The summed E-state index contributed by atoms with van der Waals surface area (Å²) in [5, 5.41) is 21.3. The Bertz CT molecular complexity index is 1610. The highest BCUT2D eigenvalue weighted by Crippen LogP contribution is 2.32. The Kier molecular flexibility index (Phi) is 5.30. The fraction of sp³-hybridized carbons (Fsp3) is 0.0455. The molecule has 0 saturated carbocycles. The molecule has 0 aliphatic carbocycles. The van der Waals surface area contributed by atoms with Gasteiger partial charge in [-0.25, -0.2) is 4.39 Å². The Labute approximate surface area is 195 Å². The molecule has 0 saturated heterocycles. The molecule has 3 aromatic heterocycles. The first-order valence-electron chi connectivity index (χ1n) is 9.90. The van der Waals surface area contributed by atoms with E-state index in [0.717, 1.165) is 17.0 Å². The van der Waals surface area contributed by atoms with Crippen LogP contribution in [0.1, 0.15) is 10.4 Å². The average molecular weight is 480 g/mol. The summed E-state index contributed by atoms with van der Waals surface area (Å²) in [5.41, 5.74) is 0.912. The number of H-pyrrole nitrogens is 1. The summed E-state index contributed by atoms with van der Waals surface area (Å²) in [7, 11) is 1.50. The van der Waals surface area contributed by atoms with Crippen LogP contribution in [0.25, 0.3) is 22.4 Å². The van der Waals surface area contributed by atoms with Crippen LogP contribution in [0, 0.1) is 5.82 Å². The molecule has 2 aromatic carbocycles. The van der Waals surface area contributed by atoms with E-state index in [1.165, 1.54) is 42.1 Å². The van der Waals surface area contributed by atoms with Gasteiger partial charge in [0, 0.05) is 18.6 Å². The quantitative estimate of drug-likeness (QED) is 0.346. The number of aromatic amines is 1. The van der Waals surface area contributed by atoms with E-state index in [1.54, 1.807) is 18.3 Å². The second-order valence-electron chi connectivity index (χ2n) is 7.29. The Morgan fingerprint density at radius 1 is 1.18 bits per heavy atom. The lowest BCUT2D eigenvalue weighted by molar-refractivity contribution is 0.102. The van der Waals surface area contributed by atoms with Crippen molar-refractivity contribution in [3.05, 3.63) is 81.6 Å². The van der Waals surface area contributed by atoms with Crippen LogP contribution in [-0.2, 0) is 7.05 Å². The van der Waals surface area contributed by atoms with Crippen LogP contribution >= 0.6 is 11.6 Å². The maximum atomic E-state index is 13.9. The number of fused-ring (bicyclic) bond motifs is 1. The molecule has 1 amide bonds. The molecule has 3 N–H and O–H groups in total. The number of nitrogens with one attached hydrogen (secondary N) is 3. The van der Waals surface area contributed by atoms with Gasteiger partial charge in [-0.3, -0.25) is 14.7 Å². The first-order chi connectivity index (χ1) is 16.4. The number of carbonyl (C=O) groups excluding carboxylic acids is 1. The molecule has 12 heteroatoms. The Hall–Kier alpha value is -4.51. The van der Waals surface area contributed by atoms with Crippen molar-refractivity contribution in [1.82, 2.24) is 25.0 Å². The summed E-state index contributed by atoms with van der Waals surface area (Å²) in [6.07, 6.45) is 3.08. The third-order valence-electron chi connectivity index (χ3n) is 5.02. The number of pyridine rings is 1. The smallest absolute Gasteiger partial charge is 0.320 e. The van der Waals surface area contributed by atoms with Crippen LogP contribution in [0.15, 0.2) is 64.1 Å². The normalized spacial score (nSPS) is 11.0. The van der Waals surface area contributed by atoms with Crippen molar-refractivity contribution in [2.24, 2.45) is 7.05 Å². The van der Waals surface area contributed by atoms with Gasteiger partial charge in [0.15, 0.2) is 0 Å². The van der Waals surface area contributed by atoms with Crippen LogP contribution in [-0.4, -0.2) is 30.9 Å². The molecule has 0 unspecified atom stereocenters. The number of anilines is 3. The van der Waals surface area contributed by atoms with E-state index in [0.29, 0.717) is 16.3 Å². The molecule has 0 bridgehead atoms. The Morgan fingerprint density at radius 3 is 2.82 bits per heavy atom. The summed E-state index contributed by atoms with van der Waals surface area (Å²) in [6, 6.07) is 10.4. The minimum atomic E-state index is -0.760. The molecular formula is C22H15ClFN7O3. The summed E-state index contributed by atoms with van der Waals surface area (Å²) in [4.78, 5) is 25.0. The van der Waals surface area contributed by atoms with E-state index in [9.17, 15) is 14.0 Å². The molecule has 0 spiro atoms. The second kappa shape index (κ2) is 8.45. The fourth-order valence-corrected chi connectivity index (χ4v) is 3.60. The zero-order valence-electron chi connectivity index (χ0n) is 17.5. The number of halogens is 2. The van der Waals surface area contributed by atoms with Gasteiger partial charge in [-0.05, 0) is 30.3 Å². The lowest BCUT2D eigenvalue weighted by Crippen LogP contribution is -2.24. The standard InChI is InChI=1S/C22H15ClFN7O3/c1-31-10-11(8-17(21(31)33)26-19(32)12-4-2-3-5-14(12)24)20-29-30-22(34-20)27-16-7-6-15-13(18(16)23)9-25-28-15/h2-10H,1H3,(H,25,28)(H,26,32)(H,27,30). The Balaban J connectivity index is 1.43. The molecule has 3 heterocycles. The number of hydrogen-bond donors (Lipinski definition) is 3. The van der Waals surface area contributed by atoms with Crippen molar-refractivity contribution in [3.8, 4) is 11.5 Å². The zero-order chi connectivity index (χ0) is 23.8. The van der Waals surface area contributed by atoms with Gasteiger partial charge in [-0.15, -0.1) is 5.10 Å². The molecule has 10 nitrogen and oxygen atoms in total. The highest BCUT2D eigenvalue weighted by Gasteiger charge is 2.17. The number of carbonyl (C=O) groups is 1. The van der Waals surface area contributed by atoms with E-state index in [2.05, 4.69) is 31.0 Å². The number of benzene rings is 2. The predicted molar refractivity (Wildman–Crippen MR) is 124 cm³/mol. The van der Waals surface area contributed by atoms with Crippen molar-refractivity contribution in [1.29, 1.82) is 0 Å². The molecule has 0 radical (unpaired) electrons. The molecular weight excluding hydrogens is 465 g/mol. The summed E-state index contributed by atoms with van der Waals surface area (Å²) >= 11 is 6.41. The van der Waals surface area contributed by atoms with E-state index < -0.39 is 17.3 Å². The third-order valence-corrected chi connectivity index (χ3v) is 5.43. The number of hydrogen-bond acceptors (Lipinski definition) is 7. The van der Waals surface area contributed by atoms with Crippen LogP contribution < -0.4 is 16.2 Å². The Morgan fingerprint density at radius 2 is 2.00 bits per heavy atom. The maximum absolute atomic E-state index is 13.9. The minimum absolute atomic E-state index is 0.0607. The molecule has 0 aliphatic rings. The van der Waals surface area contributed by atoms with Gasteiger partial charge in [0.25, 0.3) is 17.4 Å². The van der Waals surface area contributed by atoms with Gasteiger partial charge in [-0.1, -0.05) is 28.8 Å². The monoisotopic (exact) mass is 479 g/mol. The summed E-state index contributed by atoms with van der Waals surface area (Å²) < 4.78 is 20.9. The van der Waals surface area contributed by atoms with Gasteiger partial charge < -0.3 is 19.6 Å². The van der Waals surface area contributed by atoms with Crippen LogP contribution in [0.5, 0.6) is 0 Å². The summed E-state index contributed by atoms with van der Waals surface area (Å²) in [5.74, 6) is -1.38. The lowest BCUT2D eigenvalue weighted by atomic mass is 10.2. The molecule has 0 fully saturated rings. The topological polar surface area (TPSA) is 131 Å². The highest BCUT2D eigenvalue weighted by atomic mass is 35.5. The maximum Gasteiger partial charge on any atom is 0.320 e. The first-order valence-corrected chi connectivity index (χ1v) is 10.3. The van der Waals surface area contributed by atoms with E-state index >= 15 is 0 Å². The van der Waals surface area contributed by atoms with Gasteiger partial charge in [0.1, 0.15) is 11.5 Å². The fourth-order valence-electron chi connectivity index (χ4n) is 3.34. The lowest BCUT2D eigenvalue weighted by Gasteiger charge is -2.09. The van der Waals surface area contributed by atoms with Crippen LogP contribution in [0.3, 0.4) is 0 Å².